The van der Waals surface area contributed by atoms with Crippen molar-refractivity contribution in [2.45, 2.75) is 38.8 Å². The van der Waals surface area contributed by atoms with Crippen LogP contribution in [0, 0.1) is 0 Å². The summed E-state index contributed by atoms with van der Waals surface area (Å²) in [4.78, 5) is 24.8. The standard InChI is InChI=1S/C20H23Cl2N3O3/c1-20(2,3)28-19(27)23-17(11-13-7-5-4-6-8-13)18(26)25-24-16-10-9-14(21)12-15(16)22/h4-10,12,17,24H,11H2,1-3H3,(H,23,27)(H,25,26). The lowest BCUT2D eigenvalue weighted by molar-refractivity contribution is -0.122. The SMILES string of the molecule is CC(C)(C)OC(=O)NC(Cc1ccccc1)C(=O)NNc1ccc(Cl)cc1Cl. The molecule has 0 spiro atoms. The van der Waals surface area contributed by atoms with Crippen LogP contribution in [0.25, 0.3) is 0 Å². The molecule has 1 unspecified atom stereocenters. The van der Waals surface area contributed by atoms with Crippen LogP contribution in [0.1, 0.15) is 26.3 Å². The molecular formula is C20H23Cl2N3O3. The normalized spacial score (nSPS) is 12.0. The number of hydrogen-bond donors (Lipinski definition) is 3. The molecule has 2 aromatic carbocycles. The Morgan fingerprint density at radius 1 is 1.07 bits per heavy atom. The summed E-state index contributed by atoms with van der Waals surface area (Å²) in [5, 5.41) is 3.45. The van der Waals surface area contributed by atoms with Gasteiger partial charge < -0.3 is 10.1 Å². The maximum absolute atomic E-state index is 12.7. The molecule has 0 aliphatic heterocycles. The molecule has 0 saturated carbocycles. The van der Waals surface area contributed by atoms with E-state index in [2.05, 4.69) is 16.2 Å². The van der Waals surface area contributed by atoms with Crippen molar-refractivity contribution in [1.82, 2.24) is 10.7 Å². The van der Waals surface area contributed by atoms with Crippen molar-refractivity contribution < 1.29 is 14.3 Å². The van der Waals surface area contributed by atoms with E-state index in [0.717, 1.165) is 5.56 Å². The zero-order valence-corrected chi connectivity index (χ0v) is 17.4. The number of amides is 2. The van der Waals surface area contributed by atoms with E-state index in [4.69, 9.17) is 27.9 Å². The quantitative estimate of drug-likeness (QED) is 0.594. The third-order valence-electron chi connectivity index (χ3n) is 3.54. The van der Waals surface area contributed by atoms with E-state index < -0.39 is 23.6 Å². The number of rotatable bonds is 6. The predicted octanol–water partition coefficient (Wildman–Crippen LogP) is 4.57. The molecule has 0 aliphatic rings. The number of benzene rings is 2. The van der Waals surface area contributed by atoms with Crippen molar-refractivity contribution in [2.24, 2.45) is 0 Å². The second-order valence-corrected chi connectivity index (χ2v) is 7.97. The van der Waals surface area contributed by atoms with Gasteiger partial charge >= 0.3 is 6.09 Å². The lowest BCUT2D eigenvalue weighted by Gasteiger charge is -2.23. The second kappa shape index (κ2) is 9.66. The summed E-state index contributed by atoms with van der Waals surface area (Å²) in [5.41, 5.74) is 6.01. The number of anilines is 1. The number of carbonyl (C=O) groups is 2. The lowest BCUT2D eigenvalue weighted by Crippen LogP contribution is -2.50. The minimum atomic E-state index is -0.851. The van der Waals surface area contributed by atoms with E-state index in [1.807, 2.05) is 30.3 Å². The van der Waals surface area contributed by atoms with Gasteiger partial charge in [0.1, 0.15) is 11.6 Å². The minimum Gasteiger partial charge on any atom is -0.444 e. The maximum atomic E-state index is 12.7. The van der Waals surface area contributed by atoms with Gasteiger partial charge in [0.15, 0.2) is 0 Å². The van der Waals surface area contributed by atoms with Gasteiger partial charge in [-0.25, -0.2) is 4.79 Å². The fourth-order valence-corrected chi connectivity index (χ4v) is 2.77. The molecule has 150 valence electrons. The van der Waals surface area contributed by atoms with Crippen LogP contribution in [0.15, 0.2) is 48.5 Å². The van der Waals surface area contributed by atoms with Crippen LogP contribution in [0.4, 0.5) is 10.5 Å². The molecule has 0 fully saturated rings. The van der Waals surface area contributed by atoms with Crippen molar-refractivity contribution in [2.75, 3.05) is 5.43 Å². The van der Waals surface area contributed by atoms with Gasteiger partial charge in [-0.1, -0.05) is 53.5 Å². The average molecular weight is 424 g/mol. The summed E-state index contributed by atoms with van der Waals surface area (Å²) in [6, 6.07) is 13.3. The Bertz CT molecular complexity index is 823. The summed E-state index contributed by atoms with van der Waals surface area (Å²) in [6.07, 6.45) is -0.379. The topological polar surface area (TPSA) is 79.5 Å². The highest BCUT2D eigenvalue weighted by atomic mass is 35.5. The summed E-state index contributed by atoms with van der Waals surface area (Å²) in [5.74, 6) is -0.444. The second-order valence-electron chi connectivity index (χ2n) is 7.13. The summed E-state index contributed by atoms with van der Waals surface area (Å²) in [7, 11) is 0. The first kappa shape index (κ1) is 21.9. The monoisotopic (exact) mass is 423 g/mol. The zero-order valence-electron chi connectivity index (χ0n) is 15.9. The molecule has 2 amide bonds. The first-order valence-electron chi connectivity index (χ1n) is 8.68. The Labute approximate surface area is 174 Å². The fraction of sp³-hybridized carbons (Fsp3) is 0.300. The number of halogens is 2. The van der Waals surface area contributed by atoms with Crippen molar-refractivity contribution in [3.8, 4) is 0 Å². The minimum absolute atomic E-state index is 0.294. The van der Waals surface area contributed by atoms with E-state index in [9.17, 15) is 9.59 Å². The fourth-order valence-electron chi connectivity index (χ4n) is 2.32. The number of ether oxygens (including phenoxy) is 1. The first-order valence-corrected chi connectivity index (χ1v) is 9.44. The Morgan fingerprint density at radius 2 is 1.75 bits per heavy atom. The van der Waals surface area contributed by atoms with E-state index in [1.54, 1.807) is 39.0 Å². The van der Waals surface area contributed by atoms with E-state index in [-0.39, 0.29) is 0 Å². The summed E-state index contributed by atoms with van der Waals surface area (Å²) < 4.78 is 5.26. The smallest absolute Gasteiger partial charge is 0.408 e. The summed E-state index contributed by atoms with van der Waals surface area (Å²) >= 11 is 12.0. The number of nitrogens with one attached hydrogen (secondary N) is 3. The Hall–Kier alpha value is -2.44. The maximum Gasteiger partial charge on any atom is 0.408 e. The number of alkyl carbamates (subject to hydrolysis) is 1. The van der Waals surface area contributed by atoms with Crippen molar-refractivity contribution in [3.63, 3.8) is 0 Å². The van der Waals surface area contributed by atoms with E-state index in [1.165, 1.54) is 0 Å². The molecule has 0 radical (unpaired) electrons. The number of hydrogen-bond acceptors (Lipinski definition) is 4. The van der Waals surface area contributed by atoms with E-state index >= 15 is 0 Å². The summed E-state index contributed by atoms with van der Waals surface area (Å²) in [6.45, 7) is 5.26. The van der Waals surface area contributed by atoms with Crippen molar-refractivity contribution >= 4 is 40.9 Å². The molecule has 0 bridgehead atoms. The molecule has 28 heavy (non-hydrogen) atoms. The van der Waals surface area contributed by atoms with Crippen LogP contribution < -0.4 is 16.2 Å². The van der Waals surface area contributed by atoms with Crippen molar-refractivity contribution in [1.29, 1.82) is 0 Å². The zero-order chi connectivity index (χ0) is 20.7. The molecule has 0 saturated heterocycles. The van der Waals surface area contributed by atoms with Crippen LogP contribution in [-0.2, 0) is 16.0 Å². The Balaban J connectivity index is 2.07. The van der Waals surface area contributed by atoms with Crippen LogP contribution >= 0.6 is 23.2 Å². The molecule has 0 aromatic heterocycles. The largest absolute Gasteiger partial charge is 0.444 e. The highest BCUT2D eigenvalue weighted by Gasteiger charge is 2.24. The third-order valence-corrected chi connectivity index (χ3v) is 4.09. The van der Waals surface area contributed by atoms with Gasteiger partial charge in [-0.3, -0.25) is 15.6 Å². The average Bonchev–Trinajstić information content (AvgIpc) is 2.59. The van der Waals surface area contributed by atoms with Crippen LogP contribution in [0.5, 0.6) is 0 Å². The molecule has 2 aromatic rings. The molecule has 0 heterocycles. The van der Waals surface area contributed by atoms with E-state index in [0.29, 0.717) is 22.2 Å². The van der Waals surface area contributed by atoms with Crippen LogP contribution in [0.2, 0.25) is 10.0 Å². The van der Waals surface area contributed by atoms with Gasteiger partial charge in [-0.05, 0) is 44.5 Å². The third kappa shape index (κ3) is 7.29. The van der Waals surface area contributed by atoms with Gasteiger partial charge in [0.05, 0.1) is 10.7 Å². The van der Waals surface area contributed by atoms with Gasteiger partial charge in [-0.2, -0.15) is 0 Å². The number of hydrazine groups is 1. The molecular weight excluding hydrogens is 401 g/mol. The van der Waals surface area contributed by atoms with Crippen LogP contribution in [-0.4, -0.2) is 23.6 Å². The highest BCUT2D eigenvalue weighted by Crippen LogP contribution is 2.24. The highest BCUT2D eigenvalue weighted by molar-refractivity contribution is 6.36. The molecule has 1 atom stereocenters. The van der Waals surface area contributed by atoms with Crippen LogP contribution in [0.3, 0.4) is 0 Å². The van der Waals surface area contributed by atoms with Gasteiger partial charge in [0.2, 0.25) is 0 Å². The lowest BCUT2D eigenvalue weighted by atomic mass is 10.1. The Kier molecular flexibility index (Phi) is 7.54. The predicted molar refractivity (Wildman–Crippen MR) is 112 cm³/mol. The molecule has 0 aliphatic carbocycles. The van der Waals surface area contributed by atoms with Gasteiger partial charge in [-0.15, -0.1) is 0 Å². The Morgan fingerprint density at radius 3 is 2.36 bits per heavy atom. The van der Waals surface area contributed by atoms with Gasteiger partial charge in [0, 0.05) is 11.4 Å². The molecule has 6 nitrogen and oxygen atoms in total. The number of carbonyl (C=O) groups excluding carboxylic acids is 2. The van der Waals surface area contributed by atoms with Crippen molar-refractivity contribution in [3.05, 3.63) is 64.1 Å². The molecule has 8 heteroatoms. The molecule has 2 rings (SSSR count). The van der Waals surface area contributed by atoms with Gasteiger partial charge in [0.25, 0.3) is 5.91 Å². The molecule has 3 N–H and O–H groups in total. The first-order chi connectivity index (χ1) is 13.1.